The van der Waals surface area contributed by atoms with Gasteiger partial charge in [0.2, 0.25) is 0 Å². The molecule has 0 saturated heterocycles. The van der Waals surface area contributed by atoms with Gasteiger partial charge in [0.1, 0.15) is 22.3 Å². The van der Waals surface area contributed by atoms with Gasteiger partial charge in [0.25, 0.3) is 11.6 Å². The van der Waals surface area contributed by atoms with Crippen LogP contribution in [0.4, 0.5) is 24.5 Å². The first-order valence-corrected chi connectivity index (χ1v) is 7.98. The number of benzene rings is 2. The summed E-state index contributed by atoms with van der Waals surface area (Å²) in [6, 6.07) is 6.92. The van der Waals surface area contributed by atoms with Gasteiger partial charge < -0.3 is 10.1 Å². The third-order valence-corrected chi connectivity index (χ3v) is 3.94. The van der Waals surface area contributed by atoms with Gasteiger partial charge in [0.05, 0.1) is 22.3 Å². The average Bonchev–Trinajstić information content (AvgIpc) is 3.08. The monoisotopic (exact) mass is 398 g/mol. The molecular weight excluding hydrogens is 389 g/mol. The number of non-ortho nitro benzene ring substituents is 1. The molecule has 0 atom stereocenters. The van der Waals surface area contributed by atoms with Crippen molar-refractivity contribution in [3.05, 3.63) is 52.1 Å². The molecular formula is C15H9F3N4O4S. The second kappa shape index (κ2) is 7.15. The first-order valence-electron chi connectivity index (χ1n) is 7.25. The van der Waals surface area contributed by atoms with Crippen LogP contribution in [0.2, 0.25) is 0 Å². The third-order valence-electron chi connectivity index (χ3n) is 3.40. The van der Waals surface area contributed by atoms with Crippen LogP contribution >= 0.6 is 11.7 Å². The van der Waals surface area contributed by atoms with Crippen LogP contribution in [0.3, 0.4) is 0 Å². The van der Waals surface area contributed by atoms with Crippen molar-refractivity contribution < 1.29 is 27.6 Å². The van der Waals surface area contributed by atoms with Gasteiger partial charge >= 0.3 is 6.18 Å². The number of nitro benzene ring substituents is 1. The number of halogens is 3. The fourth-order valence-electron chi connectivity index (χ4n) is 2.22. The van der Waals surface area contributed by atoms with E-state index in [9.17, 15) is 28.1 Å². The van der Waals surface area contributed by atoms with Crippen LogP contribution in [0, 0.1) is 10.1 Å². The predicted molar refractivity (Wildman–Crippen MR) is 89.6 cm³/mol. The van der Waals surface area contributed by atoms with Gasteiger partial charge in [-0.25, -0.2) is 0 Å². The molecule has 3 aromatic rings. The number of nitro groups is 1. The molecule has 0 spiro atoms. The van der Waals surface area contributed by atoms with Crippen molar-refractivity contribution >= 4 is 40.0 Å². The highest BCUT2D eigenvalue weighted by Crippen LogP contribution is 2.38. The minimum atomic E-state index is -4.88. The Labute approximate surface area is 153 Å². The van der Waals surface area contributed by atoms with E-state index in [4.69, 9.17) is 4.74 Å². The van der Waals surface area contributed by atoms with Gasteiger partial charge in [-0.1, -0.05) is 6.07 Å². The molecule has 0 aliphatic rings. The second-order valence-corrected chi connectivity index (χ2v) is 5.74. The fraction of sp³-hybridized carbons (Fsp3) is 0.133. The van der Waals surface area contributed by atoms with Crippen molar-refractivity contribution in [2.75, 3.05) is 11.9 Å². The topological polar surface area (TPSA) is 107 Å². The zero-order chi connectivity index (χ0) is 19.6. The number of amides is 1. The first-order chi connectivity index (χ1) is 12.8. The number of rotatable bonds is 5. The minimum absolute atomic E-state index is 0.342. The Hall–Kier alpha value is -3.28. The Morgan fingerprint density at radius 1 is 1.26 bits per heavy atom. The Morgan fingerprint density at radius 2 is 2.04 bits per heavy atom. The van der Waals surface area contributed by atoms with Crippen molar-refractivity contribution in [1.29, 1.82) is 0 Å². The largest absolute Gasteiger partial charge is 0.483 e. The first kappa shape index (κ1) is 18.5. The molecule has 0 unspecified atom stereocenters. The molecule has 1 amide bonds. The SMILES string of the molecule is O=C(COc1ccc([N+](=O)[O-])cc1C(F)(F)F)Nc1cccc2nsnc12. The Bertz CT molecular complexity index is 1020. The smallest absolute Gasteiger partial charge is 0.420 e. The summed E-state index contributed by atoms with van der Waals surface area (Å²) in [4.78, 5) is 21.7. The molecule has 2 aromatic carbocycles. The van der Waals surface area contributed by atoms with Gasteiger partial charge in [0.15, 0.2) is 6.61 Å². The molecule has 1 N–H and O–H groups in total. The lowest BCUT2D eigenvalue weighted by molar-refractivity contribution is -0.385. The van der Waals surface area contributed by atoms with Crippen molar-refractivity contribution in [3.8, 4) is 5.75 Å². The Kier molecular flexibility index (Phi) is 4.90. The summed E-state index contributed by atoms with van der Waals surface area (Å²) in [7, 11) is 0. The van der Waals surface area contributed by atoms with Crippen LogP contribution < -0.4 is 10.1 Å². The van der Waals surface area contributed by atoms with Crippen molar-refractivity contribution in [3.63, 3.8) is 0 Å². The standard InChI is InChI=1S/C15H9F3N4O4S/c16-15(17,18)9-6-8(22(24)25)4-5-12(9)26-7-13(23)19-10-2-1-3-11-14(10)21-27-20-11/h1-6H,7H2,(H,19,23). The van der Waals surface area contributed by atoms with Crippen LogP contribution in [-0.2, 0) is 11.0 Å². The van der Waals surface area contributed by atoms with Crippen LogP contribution in [0.5, 0.6) is 5.75 Å². The summed E-state index contributed by atoms with van der Waals surface area (Å²) in [5, 5.41) is 13.1. The number of carbonyl (C=O) groups excluding carboxylic acids is 1. The summed E-state index contributed by atoms with van der Waals surface area (Å²) in [5.41, 5.74) is -0.720. The van der Waals surface area contributed by atoms with Crippen LogP contribution in [0.1, 0.15) is 5.56 Å². The molecule has 0 fully saturated rings. The van der Waals surface area contributed by atoms with Gasteiger partial charge in [-0.15, -0.1) is 0 Å². The highest BCUT2D eigenvalue weighted by molar-refractivity contribution is 7.00. The summed E-state index contributed by atoms with van der Waals surface area (Å²) in [6.07, 6.45) is -4.88. The zero-order valence-electron chi connectivity index (χ0n) is 13.2. The minimum Gasteiger partial charge on any atom is -0.483 e. The maximum atomic E-state index is 13.1. The summed E-state index contributed by atoms with van der Waals surface area (Å²) in [6.45, 7) is -0.727. The van der Waals surface area contributed by atoms with Crippen molar-refractivity contribution in [1.82, 2.24) is 8.75 Å². The second-order valence-electron chi connectivity index (χ2n) is 5.21. The fourth-order valence-corrected chi connectivity index (χ4v) is 2.77. The highest BCUT2D eigenvalue weighted by atomic mass is 32.1. The van der Waals surface area contributed by atoms with Crippen LogP contribution in [0.25, 0.3) is 11.0 Å². The number of anilines is 1. The Balaban J connectivity index is 1.75. The number of nitrogens with one attached hydrogen (secondary N) is 1. The molecule has 1 aromatic heterocycles. The lowest BCUT2D eigenvalue weighted by Crippen LogP contribution is -2.21. The molecule has 0 aliphatic carbocycles. The van der Waals surface area contributed by atoms with Crippen molar-refractivity contribution in [2.24, 2.45) is 0 Å². The Morgan fingerprint density at radius 3 is 2.74 bits per heavy atom. The molecule has 1 heterocycles. The summed E-state index contributed by atoms with van der Waals surface area (Å²) < 4.78 is 52.2. The maximum absolute atomic E-state index is 13.1. The number of hydrogen-bond acceptors (Lipinski definition) is 7. The number of ether oxygens (including phenoxy) is 1. The molecule has 8 nitrogen and oxygen atoms in total. The average molecular weight is 398 g/mol. The number of hydrogen-bond donors (Lipinski definition) is 1. The molecule has 0 aliphatic heterocycles. The highest BCUT2D eigenvalue weighted by Gasteiger charge is 2.36. The van der Waals surface area contributed by atoms with Gasteiger partial charge in [-0.05, 0) is 18.2 Å². The molecule has 140 valence electrons. The number of aromatic nitrogens is 2. The predicted octanol–water partition coefficient (Wildman–Crippen LogP) is 3.64. The molecule has 0 bridgehead atoms. The molecule has 12 heteroatoms. The number of fused-ring (bicyclic) bond motifs is 1. The van der Waals surface area contributed by atoms with E-state index in [2.05, 4.69) is 14.1 Å². The van der Waals surface area contributed by atoms with Gasteiger partial charge in [-0.2, -0.15) is 21.9 Å². The van der Waals surface area contributed by atoms with Crippen molar-refractivity contribution in [2.45, 2.75) is 6.18 Å². The van der Waals surface area contributed by atoms with E-state index in [1.807, 2.05) is 0 Å². The van der Waals surface area contributed by atoms with E-state index < -0.39 is 40.6 Å². The van der Waals surface area contributed by atoms with E-state index in [1.165, 1.54) is 0 Å². The zero-order valence-corrected chi connectivity index (χ0v) is 14.0. The number of alkyl halides is 3. The van der Waals surface area contributed by atoms with E-state index in [0.29, 0.717) is 22.8 Å². The molecule has 27 heavy (non-hydrogen) atoms. The molecule has 0 radical (unpaired) electrons. The quantitative estimate of drug-likeness (QED) is 0.519. The van der Waals surface area contributed by atoms with E-state index in [0.717, 1.165) is 23.9 Å². The number of carbonyl (C=O) groups is 1. The van der Waals surface area contributed by atoms with Gasteiger partial charge in [-0.3, -0.25) is 14.9 Å². The number of nitrogens with zero attached hydrogens (tertiary/aromatic N) is 3. The van der Waals surface area contributed by atoms with Gasteiger partial charge in [0, 0.05) is 12.1 Å². The lowest BCUT2D eigenvalue weighted by Gasteiger charge is -2.13. The third kappa shape index (κ3) is 4.11. The van der Waals surface area contributed by atoms with E-state index in [-0.39, 0.29) is 0 Å². The van der Waals surface area contributed by atoms with Crippen LogP contribution in [-0.4, -0.2) is 26.2 Å². The van der Waals surface area contributed by atoms with Crippen LogP contribution in [0.15, 0.2) is 36.4 Å². The van der Waals surface area contributed by atoms with E-state index in [1.54, 1.807) is 18.2 Å². The normalized spacial score (nSPS) is 11.4. The molecule has 0 saturated carbocycles. The van der Waals surface area contributed by atoms with E-state index >= 15 is 0 Å². The maximum Gasteiger partial charge on any atom is 0.420 e. The summed E-state index contributed by atoms with van der Waals surface area (Å²) in [5.74, 6) is -1.40. The lowest BCUT2D eigenvalue weighted by atomic mass is 10.1. The molecule has 3 rings (SSSR count). The summed E-state index contributed by atoms with van der Waals surface area (Å²) >= 11 is 0.950.